The summed E-state index contributed by atoms with van der Waals surface area (Å²) in [6, 6.07) is 11.5. The average Bonchev–Trinajstić information content (AvgIpc) is 3.23. The van der Waals surface area contributed by atoms with Gasteiger partial charge in [-0.05, 0) is 42.7 Å². The first-order valence-electron chi connectivity index (χ1n) is 7.85. The number of carbonyl (C=O) groups is 1. The van der Waals surface area contributed by atoms with Gasteiger partial charge in [-0.3, -0.25) is 0 Å². The van der Waals surface area contributed by atoms with Gasteiger partial charge in [0.2, 0.25) is 6.79 Å². The lowest BCUT2D eigenvalue weighted by Gasteiger charge is -2.17. The molecular formula is C18H17FN2O3. The van der Waals surface area contributed by atoms with Crippen molar-refractivity contribution in [1.29, 1.82) is 0 Å². The van der Waals surface area contributed by atoms with Crippen LogP contribution in [0, 0.1) is 5.82 Å². The number of fused-ring (bicyclic) bond motifs is 1. The zero-order chi connectivity index (χ0) is 16.6. The molecule has 24 heavy (non-hydrogen) atoms. The summed E-state index contributed by atoms with van der Waals surface area (Å²) >= 11 is 0. The van der Waals surface area contributed by atoms with Crippen molar-refractivity contribution < 1.29 is 18.7 Å². The Morgan fingerprint density at radius 1 is 1.08 bits per heavy atom. The van der Waals surface area contributed by atoms with E-state index in [2.05, 4.69) is 10.6 Å². The summed E-state index contributed by atoms with van der Waals surface area (Å²) in [7, 11) is 0. The van der Waals surface area contributed by atoms with Crippen LogP contribution in [-0.2, 0) is 5.41 Å². The zero-order valence-corrected chi connectivity index (χ0v) is 13.0. The number of carbonyl (C=O) groups excluding carboxylic acids is 1. The van der Waals surface area contributed by atoms with Crippen LogP contribution in [0.2, 0.25) is 0 Å². The van der Waals surface area contributed by atoms with Gasteiger partial charge in [0, 0.05) is 23.7 Å². The van der Waals surface area contributed by atoms with Crippen molar-refractivity contribution in [3.8, 4) is 11.5 Å². The maximum absolute atomic E-state index is 13.0. The number of rotatable bonds is 4. The SMILES string of the molecule is O=C(NCC1(c2ccc(F)cc2)CC1)Nc1ccc2c(c1)OCO2. The summed E-state index contributed by atoms with van der Waals surface area (Å²) in [4.78, 5) is 12.1. The lowest BCUT2D eigenvalue weighted by Crippen LogP contribution is -2.35. The Morgan fingerprint density at radius 3 is 2.58 bits per heavy atom. The predicted octanol–water partition coefficient (Wildman–Crippen LogP) is 3.41. The van der Waals surface area contributed by atoms with Crippen molar-refractivity contribution in [3.63, 3.8) is 0 Å². The highest BCUT2D eigenvalue weighted by Crippen LogP contribution is 2.47. The number of benzene rings is 2. The first-order chi connectivity index (χ1) is 11.6. The molecule has 0 atom stereocenters. The fourth-order valence-electron chi connectivity index (χ4n) is 2.92. The topological polar surface area (TPSA) is 59.6 Å². The highest BCUT2D eigenvalue weighted by atomic mass is 19.1. The van der Waals surface area contributed by atoms with E-state index >= 15 is 0 Å². The largest absolute Gasteiger partial charge is 0.454 e. The second-order valence-electron chi connectivity index (χ2n) is 6.16. The van der Waals surface area contributed by atoms with Gasteiger partial charge in [0.1, 0.15) is 5.82 Å². The van der Waals surface area contributed by atoms with Gasteiger partial charge in [-0.25, -0.2) is 9.18 Å². The van der Waals surface area contributed by atoms with Gasteiger partial charge in [-0.15, -0.1) is 0 Å². The molecule has 1 aliphatic heterocycles. The average molecular weight is 328 g/mol. The Morgan fingerprint density at radius 2 is 1.83 bits per heavy atom. The number of anilines is 1. The molecule has 1 fully saturated rings. The molecule has 2 aromatic carbocycles. The molecular weight excluding hydrogens is 311 g/mol. The van der Waals surface area contributed by atoms with E-state index in [0.29, 0.717) is 23.7 Å². The van der Waals surface area contributed by atoms with Crippen LogP contribution in [-0.4, -0.2) is 19.4 Å². The molecule has 0 unspecified atom stereocenters. The van der Waals surface area contributed by atoms with Crippen LogP contribution >= 0.6 is 0 Å². The van der Waals surface area contributed by atoms with Crippen LogP contribution < -0.4 is 20.1 Å². The third-order valence-corrected chi connectivity index (χ3v) is 4.53. The number of ether oxygens (including phenoxy) is 2. The van der Waals surface area contributed by atoms with E-state index in [9.17, 15) is 9.18 Å². The van der Waals surface area contributed by atoms with Gasteiger partial charge in [0.25, 0.3) is 0 Å². The van der Waals surface area contributed by atoms with E-state index in [1.165, 1.54) is 12.1 Å². The molecule has 0 saturated heterocycles. The second kappa shape index (κ2) is 5.70. The quantitative estimate of drug-likeness (QED) is 0.904. The molecule has 2 aliphatic rings. The Labute approximate surface area is 138 Å². The number of halogens is 1. The fraction of sp³-hybridized carbons (Fsp3) is 0.278. The Hall–Kier alpha value is -2.76. The monoisotopic (exact) mass is 328 g/mol. The molecule has 2 aromatic rings. The first kappa shape index (κ1) is 14.8. The summed E-state index contributed by atoms with van der Waals surface area (Å²) in [5.41, 5.74) is 1.63. The van der Waals surface area contributed by atoms with Crippen molar-refractivity contribution in [3.05, 3.63) is 53.8 Å². The standard InChI is InChI=1S/C18H17FN2O3/c19-13-3-1-12(2-4-13)18(7-8-18)10-20-17(22)21-14-5-6-15-16(9-14)24-11-23-15/h1-6,9H,7-8,10-11H2,(H2,20,21,22). The molecule has 0 spiro atoms. The summed E-state index contributed by atoms with van der Waals surface area (Å²) < 4.78 is 23.6. The van der Waals surface area contributed by atoms with E-state index in [-0.39, 0.29) is 24.1 Å². The van der Waals surface area contributed by atoms with E-state index in [1.807, 2.05) is 0 Å². The normalized spacial score (nSPS) is 16.5. The van der Waals surface area contributed by atoms with Crippen molar-refractivity contribution in [2.24, 2.45) is 0 Å². The van der Waals surface area contributed by atoms with E-state index in [4.69, 9.17) is 9.47 Å². The maximum Gasteiger partial charge on any atom is 0.319 e. The second-order valence-corrected chi connectivity index (χ2v) is 6.16. The molecule has 0 bridgehead atoms. The molecule has 2 N–H and O–H groups in total. The highest BCUT2D eigenvalue weighted by molar-refractivity contribution is 5.89. The molecule has 4 rings (SSSR count). The molecule has 1 aliphatic carbocycles. The lowest BCUT2D eigenvalue weighted by molar-refractivity contribution is 0.174. The third-order valence-electron chi connectivity index (χ3n) is 4.53. The third kappa shape index (κ3) is 2.87. The summed E-state index contributed by atoms with van der Waals surface area (Å²) in [6.07, 6.45) is 1.98. The Kier molecular flexibility index (Phi) is 3.52. The number of hydrogen-bond acceptors (Lipinski definition) is 3. The van der Waals surface area contributed by atoms with Crippen molar-refractivity contribution >= 4 is 11.7 Å². The molecule has 2 amide bonds. The zero-order valence-electron chi connectivity index (χ0n) is 13.0. The smallest absolute Gasteiger partial charge is 0.319 e. The number of nitrogens with one attached hydrogen (secondary N) is 2. The van der Waals surface area contributed by atoms with Crippen molar-refractivity contribution in [1.82, 2.24) is 5.32 Å². The molecule has 124 valence electrons. The summed E-state index contributed by atoms with van der Waals surface area (Å²) in [5, 5.41) is 5.69. The minimum atomic E-state index is -0.276. The minimum Gasteiger partial charge on any atom is -0.454 e. The number of urea groups is 1. The Bertz CT molecular complexity index is 772. The molecule has 5 nitrogen and oxygen atoms in total. The summed E-state index contributed by atoms with van der Waals surface area (Å²) in [6.45, 7) is 0.722. The first-order valence-corrected chi connectivity index (χ1v) is 7.85. The van der Waals surface area contributed by atoms with Gasteiger partial charge in [-0.2, -0.15) is 0 Å². The molecule has 1 saturated carbocycles. The van der Waals surface area contributed by atoms with Gasteiger partial charge >= 0.3 is 6.03 Å². The molecule has 1 heterocycles. The Balaban J connectivity index is 1.36. The van der Waals surface area contributed by atoms with Crippen LogP contribution in [0.4, 0.5) is 14.9 Å². The van der Waals surface area contributed by atoms with E-state index in [0.717, 1.165) is 18.4 Å². The number of hydrogen-bond donors (Lipinski definition) is 2. The van der Waals surface area contributed by atoms with E-state index < -0.39 is 0 Å². The predicted molar refractivity (Wildman–Crippen MR) is 86.9 cm³/mol. The van der Waals surface area contributed by atoms with Crippen LogP contribution in [0.5, 0.6) is 11.5 Å². The van der Waals surface area contributed by atoms with Crippen molar-refractivity contribution in [2.45, 2.75) is 18.3 Å². The van der Waals surface area contributed by atoms with Gasteiger partial charge < -0.3 is 20.1 Å². The highest BCUT2D eigenvalue weighted by Gasteiger charge is 2.44. The number of amides is 2. The van der Waals surface area contributed by atoms with Crippen LogP contribution in [0.3, 0.4) is 0 Å². The molecule has 6 heteroatoms. The molecule has 0 radical (unpaired) electrons. The van der Waals surface area contributed by atoms with Crippen molar-refractivity contribution in [2.75, 3.05) is 18.7 Å². The van der Waals surface area contributed by atoms with E-state index in [1.54, 1.807) is 30.3 Å². The van der Waals surface area contributed by atoms with Gasteiger partial charge in [0.05, 0.1) is 0 Å². The minimum absolute atomic E-state index is 0.0695. The fourth-order valence-corrected chi connectivity index (χ4v) is 2.92. The maximum atomic E-state index is 13.0. The van der Waals surface area contributed by atoms with Gasteiger partial charge in [-0.1, -0.05) is 12.1 Å². The van der Waals surface area contributed by atoms with Crippen LogP contribution in [0.15, 0.2) is 42.5 Å². The summed E-state index contributed by atoms with van der Waals surface area (Å²) in [5.74, 6) is 1.05. The molecule has 0 aromatic heterocycles. The van der Waals surface area contributed by atoms with Crippen LogP contribution in [0.25, 0.3) is 0 Å². The lowest BCUT2D eigenvalue weighted by atomic mass is 9.96. The van der Waals surface area contributed by atoms with Crippen LogP contribution in [0.1, 0.15) is 18.4 Å². The van der Waals surface area contributed by atoms with Gasteiger partial charge in [0.15, 0.2) is 11.5 Å².